The molecule has 306 valence electrons. The molecule has 0 aromatic heterocycles. The van der Waals surface area contributed by atoms with Crippen LogP contribution in [0.4, 0.5) is 11.4 Å². The van der Waals surface area contributed by atoms with E-state index < -0.39 is 67.3 Å². The van der Waals surface area contributed by atoms with Gasteiger partial charge in [0.05, 0.1) is 55.0 Å². The van der Waals surface area contributed by atoms with Crippen LogP contribution in [-0.4, -0.2) is 63.5 Å². The van der Waals surface area contributed by atoms with Crippen LogP contribution >= 0.6 is 24.1 Å². The SMILES string of the molecule is O=S(=O)(O)c1cc(O)c2c(NS(=O)(=O)c3ccc(-c4ccc(S(=O)(=O)Nc5cc(S(=O)(=O)O)cc6cc(SOOO)cc(O)c56)cc4)cc3)cc(SOOO)cc2c1. The third kappa shape index (κ3) is 9.40. The Hall–Kier alpha value is -4.78. The van der Waals surface area contributed by atoms with E-state index in [1.165, 1.54) is 66.7 Å². The van der Waals surface area contributed by atoms with Gasteiger partial charge in [-0.2, -0.15) is 16.8 Å². The molecule has 0 amide bonds. The first-order valence-electron chi connectivity index (χ1n) is 15.3. The first-order valence-corrected chi connectivity index (χ1v) is 22.7. The Bertz CT molecular complexity index is 3020. The van der Waals surface area contributed by atoms with E-state index in [1.54, 1.807) is 0 Å². The number of hydrogen-bond donors (Lipinski definition) is 8. The molecule has 0 unspecified atom stereocenters. The van der Waals surface area contributed by atoms with Crippen molar-refractivity contribution >= 4 is 97.3 Å². The fourth-order valence-corrected chi connectivity index (χ4v) is 9.70. The van der Waals surface area contributed by atoms with E-state index in [0.29, 0.717) is 41.3 Å². The summed E-state index contributed by atoms with van der Waals surface area (Å²) in [5.74, 6) is -1.24. The number of fused-ring (bicyclic) bond motifs is 2. The quantitative estimate of drug-likeness (QED) is 0.0252. The molecule has 0 saturated heterocycles. The minimum Gasteiger partial charge on any atom is -0.507 e. The molecule has 0 aliphatic carbocycles. The first-order chi connectivity index (χ1) is 27.2. The molecule has 6 rings (SSSR count). The van der Waals surface area contributed by atoms with Crippen LogP contribution in [0.15, 0.2) is 126 Å². The summed E-state index contributed by atoms with van der Waals surface area (Å²) in [4.78, 5) is -1.85. The Balaban J connectivity index is 1.27. The van der Waals surface area contributed by atoms with Crippen molar-refractivity contribution in [3.05, 3.63) is 97.1 Å². The Morgan fingerprint density at radius 1 is 0.466 bits per heavy atom. The summed E-state index contributed by atoms with van der Waals surface area (Å²) in [6.45, 7) is 0. The minimum absolute atomic E-state index is 0.0519. The summed E-state index contributed by atoms with van der Waals surface area (Å²) >= 11 is 0.823. The lowest BCUT2D eigenvalue weighted by Gasteiger charge is -2.15. The van der Waals surface area contributed by atoms with E-state index in [9.17, 15) is 53.0 Å². The third-order valence-corrected chi connectivity index (χ3v) is 13.6. The van der Waals surface area contributed by atoms with Crippen molar-refractivity contribution in [1.82, 2.24) is 0 Å². The zero-order valence-corrected chi connectivity index (χ0v) is 33.2. The Morgan fingerprint density at radius 3 is 1.26 bits per heavy atom. The zero-order chi connectivity index (χ0) is 42.2. The van der Waals surface area contributed by atoms with Crippen LogP contribution in [0.1, 0.15) is 0 Å². The van der Waals surface area contributed by atoms with Crippen molar-refractivity contribution in [2.24, 2.45) is 0 Å². The highest BCUT2D eigenvalue weighted by atomic mass is 32.2. The van der Waals surface area contributed by atoms with Crippen LogP contribution in [0.5, 0.6) is 11.5 Å². The van der Waals surface area contributed by atoms with E-state index >= 15 is 0 Å². The van der Waals surface area contributed by atoms with Crippen LogP contribution in [0.2, 0.25) is 0 Å². The molecule has 8 N–H and O–H groups in total. The highest BCUT2D eigenvalue weighted by Crippen LogP contribution is 2.41. The molecule has 0 radical (unpaired) electrons. The van der Waals surface area contributed by atoms with Gasteiger partial charge >= 0.3 is 0 Å². The number of rotatable bonds is 15. The predicted octanol–water partition coefficient (Wildman–Crippen LogP) is 6.02. The van der Waals surface area contributed by atoms with Crippen molar-refractivity contribution in [3.8, 4) is 22.6 Å². The first kappa shape index (κ1) is 42.8. The molecule has 6 aromatic carbocycles. The maximum atomic E-state index is 13.5. The molecule has 0 fully saturated rings. The van der Waals surface area contributed by atoms with Crippen LogP contribution < -0.4 is 9.44 Å². The van der Waals surface area contributed by atoms with E-state index in [2.05, 4.69) is 28.2 Å². The number of phenols is 2. The fraction of sp³-hybridized carbons (Fsp3) is 0. The van der Waals surface area contributed by atoms with Gasteiger partial charge in [0.2, 0.25) is 0 Å². The normalized spacial score (nSPS) is 12.6. The maximum Gasteiger partial charge on any atom is 0.294 e. The summed E-state index contributed by atoms with van der Waals surface area (Å²) in [7, 11) is -18.6. The lowest BCUT2D eigenvalue weighted by atomic mass is 10.1. The molecule has 58 heavy (non-hydrogen) atoms. The van der Waals surface area contributed by atoms with Gasteiger partial charge in [0, 0.05) is 26.6 Å². The van der Waals surface area contributed by atoms with Crippen molar-refractivity contribution < 1.29 is 82.2 Å². The maximum absolute atomic E-state index is 13.5. The molecule has 0 saturated carbocycles. The van der Waals surface area contributed by atoms with Crippen molar-refractivity contribution in [2.45, 2.75) is 29.4 Å². The van der Waals surface area contributed by atoms with Gasteiger partial charge in [0.15, 0.2) is 0 Å². The van der Waals surface area contributed by atoms with Gasteiger partial charge in [-0.25, -0.2) is 27.4 Å². The molecule has 0 bridgehead atoms. The van der Waals surface area contributed by atoms with Gasteiger partial charge in [-0.1, -0.05) is 34.3 Å². The van der Waals surface area contributed by atoms with Crippen LogP contribution in [0.25, 0.3) is 32.7 Å². The zero-order valence-electron chi connectivity index (χ0n) is 28.3. The molecular formula is C32H24N2O18S6. The topological polar surface area (TPSA) is 319 Å². The van der Waals surface area contributed by atoms with E-state index in [1.807, 2.05) is 0 Å². The summed E-state index contributed by atoms with van der Waals surface area (Å²) in [5, 5.41) is 45.0. The fourth-order valence-electron chi connectivity index (χ4n) is 5.60. The Morgan fingerprint density at radius 2 is 0.845 bits per heavy atom. The molecule has 0 aliphatic rings. The summed E-state index contributed by atoms with van der Waals surface area (Å²) in [5.41, 5.74) is 0.178. The number of phenolic OH excluding ortho intramolecular Hbond substituents is 2. The van der Waals surface area contributed by atoms with Gasteiger partial charge < -0.3 is 10.2 Å². The van der Waals surface area contributed by atoms with Crippen LogP contribution in [0.3, 0.4) is 0 Å². The largest absolute Gasteiger partial charge is 0.507 e. The van der Waals surface area contributed by atoms with E-state index in [4.69, 9.17) is 10.5 Å². The van der Waals surface area contributed by atoms with E-state index in [-0.39, 0.29) is 46.8 Å². The third-order valence-electron chi connectivity index (χ3n) is 8.02. The molecule has 26 heteroatoms. The summed E-state index contributed by atoms with van der Waals surface area (Å²) in [6.07, 6.45) is 0. The van der Waals surface area contributed by atoms with Crippen molar-refractivity contribution in [3.63, 3.8) is 0 Å². The number of sulfonamides is 2. The second-order valence-electron chi connectivity index (χ2n) is 11.7. The molecule has 20 nitrogen and oxygen atoms in total. The molecule has 0 spiro atoms. The smallest absolute Gasteiger partial charge is 0.294 e. The van der Waals surface area contributed by atoms with Gasteiger partial charge in [0.1, 0.15) is 11.5 Å². The second-order valence-corrected chi connectivity index (χ2v) is 19.4. The number of nitrogens with one attached hydrogen (secondary N) is 2. The van der Waals surface area contributed by atoms with E-state index in [0.717, 1.165) is 24.3 Å². The average molecular weight is 917 g/mol. The van der Waals surface area contributed by atoms with Crippen LogP contribution in [0, 0.1) is 0 Å². The van der Waals surface area contributed by atoms with Crippen molar-refractivity contribution in [2.75, 3.05) is 9.44 Å². The molecule has 0 heterocycles. The number of hydrogen-bond acceptors (Lipinski definition) is 18. The minimum atomic E-state index is -4.88. The molecular weight excluding hydrogens is 893 g/mol. The molecule has 0 aliphatic heterocycles. The lowest BCUT2D eigenvalue weighted by molar-refractivity contribution is -0.432. The average Bonchev–Trinajstić information content (AvgIpc) is 3.14. The Kier molecular flexibility index (Phi) is 12.2. The Labute approximate surface area is 336 Å². The highest BCUT2D eigenvalue weighted by Gasteiger charge is 2.24. The van der Waals surface area contributed by atoms with Gasteiger partial charge in [-0.3, -0.25) is 18.5 Å². The number of benzene rings is 6. The molecule has 6 aromatic rings. The monoisotopic (exact) mass is 916 g/mol. The van der Waals surface area contributed by atoms with Gasteiger partial charge in [0.25, 0.3) is 40.3 Å². The lowest BCUT2D eigenvalue weighted by Crippen LogP contribution is -2.14. The van der Waals surface area contributed by atoms with Crippen LogP contribution in [-0.2, 0) is 59.0 Å². The summed E-state index contributed by atoms with van der Waals surface area (Å²) in [6, 6.07) is 18.7. The molecule has 0 atom stereocenters. The standard InChI is InChI=1S/C32H24N2O18S6/c35-29-14-22(54-52-50-38)10-20-11-25(57(43,44)45)15-28(32(20)29)34-56(41,42)24-7-3-18(4-8-24)17-1-5-23(6-2-17)55(39,40)33-27-13-21(53-51-49-37)9-19-12-26(58(46,47)48)16-30(36)31(19)27/h1-16,33-38H,(H,43,44,45)(H,46,47,48). The summed E-state index contributed by atoms with van der Waals surface area (Å²) < 4.78 is 134. The van der Waals surface area contributed by atoms with Crippen molar-refractivity contribution in [1.29, 1.82) is 0 Å². The van der Waals surface area contributed by atoms with Gasteiger partial charge in [-0.05, 0) is 88.6 Å². The predicted molar refractivity (Wildman–Crippen MR) is 206 cm³/mol. The number of anilines is 2. The second kappa shape index (κ2) is 16.5. The van der Waals surface area contributed by atoms with Gasteiger partial charge in [-0.15, -0.1) is 8.67 Å². The number of aromatic hydroxyl groups is 2. The highest BCUT2D eigenvalue weighted by molar-refractivity contribution is 7.95.